The molecule has 7 heteroatoms. The van der Waals surface area contributed by atoms with Crippen molar-refractivity contribution in [3.8, 4) is 11.5 Å². The van der Waals surface area contributed by atoms with Crippen LogP contribution in [0.2, 0.25) is 0 Å². The van der Waals surface area contributed by atoms with Crippen molar-refractivity contribution in [3.63, 3.8) is 0 Å². The van der Waals surface area contributed by atoms with Gasteiger partial charge < -0.3 is 9.47 Å². The number of benzene rings is 1. The maximum Gasteiger partial charge on any atom is 0.252 e. The van der Waals surface area contributed by atoms with E-state index in [2.05, 4.69) is 20.5 Å². The molecule has 0 saturated heterocycles. The number of aromatic amines is 1. The number of hydrazone groups is 1. The van der Waals surface area contributed by atoms with Crippen LogP contribution in [0.15, 0.2) is 34.2 Å². The first-order valence-electron chi connectivity index (χ1n) is 7.27. The highest BCUT2D eigenvalue weighted by atomic mass is 16.5. The molecular formula is C16H20N4O3. The van der Waals surface area contributed by atoms with Crippen molar-refractivity contribution in [2.24, 2.45) is 5.10 Å². The molecule has 0 unspecified atom stereocenters. The third-order valence-corrected chi connectivity index (χ3v) is 3.09. The fraction of sp³-hybridized carbons (Fsp3) is 0.312. The fourth-order valence-electron chi connectivity index (χ4n) is 2.05. The number of nitrogens with one attached hydrogen (secondary N) is 2. The molecule has 1 heterocycles. The summed E-state index contributed by atoms with van der Waals surface area (Å²) in [6, 6.07) is 6.93. The summed E-state index contributed by atoms with van der Waals surface area (Å²) in [5.41, 5.74) is 4.09. The molecular weight excluding hydrogens is 296 g/mol. The Labute approximate surface area is 134 Å². The fourth-order valence-corrected chi connectivity index (χ4v) is 2.05. The normalized spacial score (nSPS) is 10.7. The summed E-state index contributed by atoms with van der Waals surface area (Å²) >= 11 is 0. The Morgan fingerprint density at radius 3 is 2.74 bits per heavy atom. The lowest BCUT2D eigenvalue weighted by Gasteiger charge is -2.07. The Morgan fingerprint density at radius 2 is 2.04 bits per heavy atom. The van der Waals surface area contributed by atoms with E-state index in [0.29, 0.717) is 17.4 Å². The Morgan fingerprint density at radius 1 is 1.26 bits per heavy atom. The average molecular weight is 316 g/mol. The molecule has 0 aliphatic carbocycles. The maximum absolute atomic E-state index is 11.6. The van der Waals surface area contributed by atoms with Crippen LogP contribution >= 0.6 is 0 Å². The van der Waals surface area contributed by atoms with Crippen LogP contribution in [-0.4, -0.2) is 30.4 Å². The molecule has 0 aliphatic rings. The molecule has 0 saturated carbocycles. The standard InChI is InChI=1S/C16H20N4O3/c1-4-5-12-9-15(21)19-16(18-12)20-17-10-11-6-7-13(22-2)14(8-11)23-3/h6-10H,4-5H2,1-3H3,(H2,18,19,20,21)/b17-10+. The molecule has 23 heavy (non-hydrogen) atoms. The Balaban J connectivity index is 2.11. The van der Waals surface area contributed by atoms with Gasteiger partial charge in [-0.3, -0.25) is 9.78 Å². The lowest BCUT2D eigenvalue weighted by Crippen LogP contribution is -2.11. The zero-order valence-corrected chi connectivity index (χ0v) is 13.4. The van der Waals surface area contributed by atoms with E-state index in [1.165, 1.54) is 6.07 Å². The molecule has 0 radical (unpaired) electrons. The first kappa shape index (κ1) is 16.5. The average Bonchev–Trinajstić information content (AvgIpc) is 2.54. The van der Waals surface area contributed by atoms with Crippen LogP contribution in [0.1, 0.15) is 24.6 Å². The SMILES string of the molecule is CCCc1cc(=O)[nH]c(N/N=C/c2ccc(OC)c(OC)c2)n1. The lowest BCUT2D eigenvalue weighted by atomic mass is 10.2. The molecule has 0 fully saturated rings. The molecule has 0 bridgehead atoms. The number of anilines is 1. The second-order valence-corrected chi connectivity index (χ2v) is 4.82. The number of rotatable bonds is 7. The van der Waals surface area contributed by atoms with Crippen LogP contribution < -0.4 is 20.5 Å². The molecule has 2 aromatic rings. The number of methoxy groups -OCH3 is 2. The topological polar surface area (TPSA) is 88.6 Å². The van der Waals surface area contributed by atoms with Gasteiger partial charge in [-0.1, -0.05) is 13.3 Å². The third kappa shape index (κ3) is 4.57. The minimum absolute atomic E-state index is 0.202. The first-order valence-corrected chi connectivity index (χ1v) is 7.27. The van der Waals surface area contributed by atoms with Gasteiger partial charge in [-0.2, -0.15) is 5.10 Å². The summed E-state index contributed by atoms with van der Waals surface area (Å²) < 4.78 is 10.4. The van der Waals surface area contributed by atoms with Crippen molar-refractivity contribution in [3.05, 3.63) is 45.9 Å². The first-order chi connectivity index (χ1) is 11.2. The third-order valence-electron chi connectivity index (χ3n) is 3.09. The largest absolute Gasteiger partial charge is 0.493 e. The smallest absolute Gasteiger partial charge is 0.252 e. The monoisotopic (exact) mass is 316 g/mol. The molecule has 0 amide bonds. The molecule has 7 nitrogen and oxygen atoms in total. The number of ether oxygens (including phenoxy) is 2. The van der Waals surface area contributed by atoms with E-state index in [-0.39, 0.29) is 5.56 Å². The lowest BCUT2D eigenvalue weighted by molar-refractivity contribution is 0.355. The van der Waals surface area contributed by atoms with Gasteiger partial charge in [0.2, 0.25) is 5.95 Å². The van der Waals surface area contributed by atoms with Crippen molar-refractivity contribution >= 4 is 12.2 Å². The Hall–Kier alpha value is -2.83. The van der Waals surface area contributed by atoms with Gasteiger partial charge in [0.05, 0.1) is 20.4 Å². The van der Waals surface area contributed by atoms with Crippen LogP contribution in [0.3, 0.4) is 0 Å². The second-order valence-electron chi connectivity index (χ2n) is 4.82. The number of aryl methyl sites for hydroxylation is 1. The maximum atomic E-state index is 11.6. The molecule has 2 N–H and O–H groups in total. The van der Waals surface area contributed by atoms with Crippen molar-refractivity contribution in [2.75, 3.05) is 19.6 Å². The van der Waals surface area contributed by atoms with Crippen LogP contribution in [-0.2, 0) is 6.42 Å². The molecule has 0 aliphatic heterocycles. The van der Waals surface area contributed by atoms with Gasteiger partial charge in [0.15, 0.2) is 11.5 Å². The van der Waals surface area contributed by atoms with Crippen molar-refractivity contribution in [1.82, 2.24) is 9.97 Å². The second kappa shape index (κ2) is 7.98. The molecule has 2 rings (SSSR count). The highest BCUT2D eigenvalue weighted by Crippen LogP contribution is 2.26. The summed E-state index contributed by atoms with van der Waals surface area (Å²) in [6.07, 6.45) is 3.28. The predicted molar refractivity (Wildman–Crippen MR) is 89.6 cm³/mol. The van der Waals surface area contributed by atoms with Crippen LogP contribution in [0.5, 0.6) is 11.5 Å². The summed E-state index contributed by atoms with van der Waals surface area (Å²) in [6.45, 7) is 2.03. The summed E-state index contributed by atoms with van der Waals surface area (Å²) in [7, 11) is 3.16. The zero-order valence-electron chi connectivity index (χ0n) is 13.4. The van der Waals surface area contributed by atoms with Gasteiger partial charge >= 0.3 is 0 Å². The van der Waals surface area contributed by atoms with E-state index in [1.807, 2.05) is 13.0 Å². The molecule has 0 spiro atoms. The number of hydrogen-bond acceptors (Lipinski definition) is 6. The molecule has 1 aromatic heterocycles. The predicted octanol–water partition coefficient (Wildman–Crippen LogP) is 2.19. The van der Waals surface area contributed by atoms with Crippen molar-refractivity contribution < 1.29 is 9.47 Å². The molecule has 0 atom stereocenters. The van der Waals surface area contributed by atoms with Crippen molar-refractivity contribution in [2.45, 2.75) is 19.8 Å². The van der Waals surface area contributed by atoms with E-state index < -0.39 is 0 Å². The molecule has 122 valence electrons. The highest BCUT2D eigenvalue weighted by molar-refractivity contribution is 5.81. The number of hydrogen-bond donors (Lipinski definition) is 2. The summed E-state index contributed by atoms with van der Waals surface area (Å²) in [4.78, 5) is 18.4. The van der Waals surface area contributed by atoms with Gasteiger partial charge in [-0.05, 0) is 30.2 Å². The highest BCUT2D eigenvalue weighted by Gasteiger charge is 2.03. The van der Waals surface area contributed by atoms with E-state index in [4.69, 9.17) is 9.47 Å². The van der Waals surface area contributed by atoms with Gasteiger partial charge in [0, 0.05) is 11.8 Å². The number of aromatic nitrogens is 2. The Kier molecular flexibility index (Phi) is 5.74. The number of nitrogens with zero attached hydrogens (tertiary/aromatic N) is 2. The van der Waals surface area contributed by atoms with Crippen molar-refractivity contribution in [1.29, 1.82) is 0 Å². The van der Waals surface area contributed by atoms with Gasteiger partial charge in [0.1, 0.15) is 0 Å². The van der Waals surface area contributed by atoms with E-state index in [0.717, 1.165) is 24.1 Å². The van der Waals surface area contributed by atoms with E-state index in [9.17, 15) is 4.79 Å². The quantitative estimate of drug-likeness (QED) is 0.604. The van der Waals surface area contributed by atoms with Gasteiger partial charge in [-0.25, -0.2) is 10.4 Å². The summed E-state index contributed by atoms with van der Waals surface area (Å²) in [5, 5.41) is 4.08. The Bertz CT molecular complexity index is 740. The minimum Gasteiger partial charge on any atom is -0.493 e. The van der Waals surface area contributed by atoms with Gasteiger partial charge in [-0.15, -0.1) is 0 Å². The van der Waals surface area contributed by atoms with Crippen LogP contribution in [0.4, 0.5) is 5.95 Å². The van der Waals surface area contributed by atoms with E-state index >= 15 is 0 Å². The molecule has 1 aromatic carbocycles. The van der Waals surface area contributed by atoms with Crippen LogP contribution in [0.25, 0.3) is 0 Å². The van der Waals surface area contributed by atoms with Crippen LogP contribution in [0, 0.1) is 0 Å². The summed E-state index contributed by atoms with van der Waals surface area (Å²) in [5.74, 6) is 1.58. The minimum atomic E-state index is -0.202. The van der Waals surface area contributed by atoms with E-state index in [1.54, 1.807) is 32.6 Å². The number of H-pyrrole nitrogens is 1. The zero-order chi connectivity index (χ0) is 16.7. The van der Waals surface area contributed by atoms with Gasteiger partial charge in [0.25, 0.3) is 5.56 Å².